The summed E-state index contributed by atoms with van der Waals surface area (Å²) >= 11 is 6.22. The standard InChI is InChI=1S/C15H22ClNO3/c1-15(2,3)17-10-11-12(16)6-5-7-13(11)20-9-8-14(18)19-4/h5-7,17H,8-10H2,1-4H3. The first kappa shape index (κ1) is 16.8. The average Bonchev–Trinajstić information content (AvgIpc) is 2.36. The van der Waals surface area contributed by atoms with Crippen molar-refractivity contribution in [2.75, 3.05) is 13.7 Å². The Balaban J connectivity index is 2.70. The van der Waals surface area contributed by atoms with Crippen LogP contribution in [-0.4, -0.2) is 25.2 Å². The van der Waals surface area contributed by atoms with Crippen molar-refractivity contribution in [3.8, 4) is 5.75 Å². The maximum atomic E-state index is 11.1. The van der Waals surface area contributed by atoms with Gasteiger partial charge in [-0.25, -0.2) is 0 Å². The monoisotopic (exact) mass is 299 g/mol. The largest absolute Gasteiger partial charge is 0.493 e. The fraction of sp³-hybridized carbons (Fsp3) is 0.533. The van der Waals surface area contributed by atoms with Gasteiger partial charge in [0.25, 0.3) is 0 Å². The number of hydrogen-bond donors (Lipinski definition) is 1. The second-order valence-corrected chi connectivity index (χ2v) is 5.90. The van der Waals surface area contributed by atoms with E-state index in [2.05, 4.69) is 30.8 Å². The third kappa shape index (κ3) is 5.80. The molecule has 0 unspecified atom stereocenters. The summed E-state index contributed by atoms with van der Waals surface area (Å²) in [7, 11) is 1.36. The van der Waals surface area contributed by atoms with Crippen molar-refractivity contribution < 1.29 is 14.3 Å². The van der Waals surface area contributed by atoms with Crippen molar-refractivity contribution >= 4 is 17.6 Å². The summed E-state index contributed by atoms with van der Waals surface area (Å²) in [6.45, 7) is 7.14. The summed E-state index contributed by atoms with van der Waals surface area (Å²) in [5, 5.41) is 4.02. The van der Waals surface area contributed by atoms with Gasteiger partial charge in [-0.2, -0.15) is 0 Å². The zero-order valence-corrected chi connectivity index (χ0v) is 13.2. The van der Waals surface area contributed by atoms with Gasteiger partial charge in [-0.05, 0) is 32.9 Å². The lowest BCUT2D eigenvalue weighted by Crippen LogP contribution is -2.35. The summed E-state index contributed by atoms with van der Waals surface area (Å²) in [6, 6.07) is 5.51. The summed E-state index contributed by atoms with van der Waals surface area (Å²) in [5.74, 6) is 0.402. The highest BCUT2D eigenvalue weighted by molar-refractivity contribution is 6.31. The van der Waals surface area contributed by atoms with Crippen LogP contribution in [0, 0.1) is 0 Å². The molecule has 0 aliphatic carbocycles. The molecule has 0 saturated carbocycles. The van der Waals surface area contributed by atoms with Crippen molar-refractivity contribution in [2.24, 2.45) is 0 Å². The number of hydrogen-bond acceptors (Lipinski definition) is 4. The van der Waals surface area contributed by atoms with Crippen LogP contribution in [0.5, 0.6) is 5.75 Å². The second-order valence-electron chi connectivity index (χ2n) is 5.49. The number of benzene rings is 1. The van der Waals surface area contributed by atoms with E-state index in [-0.39, 0.29) is 24.5 Å². The zero-order valence-electron chi connectivity index (χ0n) is 12.5. The predicted octanol–water partition coefficient (Wildman–Crippen LogP) is 3.17. The van der Waals surface area contributed by atoms with E-state index < -0.39 is 0 Å². The van der Waals surface area contributed by atoms with Crippen molar-refractivity contribution in [3.05, 3.63) is 28.8 Å². The second kappa shape index (κ2) is 7.50. The van der Waals surface area contributed by atoms with Crippen molar-refractivity contribution in [2.45, 2.75) is 39.3 Å². The number of ether oxygens (including phenoxy) is 2. The number of rotatable bonds is 6. The molecule has 0 heterocycles. The van der Waals surface area contributed by atoms with Crippen LogP contribution >= 0.6 is 11.6 Å². The Morgan fingerprint density at radius 3 is 2.65 bits per heavy atom. The first-order valence-corrected chi connectivity index (χ1v) is 6.93. The van der Waals surface area contributed by atoms with Gasteiger partial charge < -0.3 is 14.8 Å². The van der Waals surface area contributed by atoms with Crippen LogP contribution in [0.4, 0.5) is 0 Å². The SMILES string of the molecule is COC(=O)CCOc1cccc(Cl)c1CNC(C)(C)C. The highest BCUT2D eigenvalue weighted by Crippen LogP contribution is 2.27. The summed E-state index contributed by atoms with van der Waals surface area (Å²) in [5.41, 5.74) is 0.886. The highest BCUT2D eigenvalue weighted by Gasteiger charge is 2.13. The molecule has 0 atom stereocenters. The molecular weight excluding hydrogens is 278 g/mol. The van der Waals surface area contributed by atoms with E-state index in [4.69, 9.17) is 16.3 Å². The number of halogens is 1. The van der Waals surface area contributed by atoms with E-state index >= 15 is 0 Å². The first-order chi connectivity index (χ1) is 9.33. The van der Waals surface area contributed by atoms with Crippen LogP contribution in [0.2, 0.25) is 5.02 Å². The van der Waals surface area contributed by atoms with Gasteiger partial charge >= 0.3 is 5.97 Å². The highest BCUT2D eigenvalue weighted by atomic mass is 35.5. The molecule has 1 aromatic carbocycles. The van der Waals surface area contributed by atoms with E-state index in [1.165, 1.54) is 7.11 Å². The molecule has 0 saturated heterocycles. The Bertz CT molecular complexity index is 455. The van der Waals surface area contributed by atoms with Gasteiger partial charge in [0.05, 0.1) is 20.1 Å². The maximum Gasteiger partial charge on any atom is 0.308 e. The van der Waals surface area contributed by atoms with E-state index in [0.717, 1.165) is 5.56 Å². The maximum absolute atomic E-state index is 11.1. The van der Waals surface area contributed by atoms with Gasteiger partial charge in [-0.15, -0.1) is 0 Å². The molecule has 0 aromatic heterocycles. The average molecular weight is 300 g/mol. The number of carbonyl (C=O) groups is 1. The van der Waals surface area contributed by atoms with Gasteiger partial charge in [0.15, 0.2) is 0 Å². The van der Waals surface area contributed by atoms with Gasteiger partial charge in [0.1, 0.15) is 5.75 Å². The molecule has 0 fully saturated rings. The molecule has 0 bridgehead atoms. The minimum absolute atomic E-state index is 0.0115. The molecule has 0 radical (unpaired) electrons. The Hall–Kier alpha value is -1.26. The molecular formula is C15H22ClNO3. The lowest BCUT2D eigenvalue weighted by molar-refractivity contribution is -0.141. The van der Waals surface area contributed by atoms with Crippen molar-refractivity contribution in [1.29, 1.82) is 0 Å². The Kier molecular flexibility index (Phi) is 6.30. The normalized spacial score (nSPS) is 11.2. The predicted molar refractivity (Wildman–Crippen MR) is 80.2 cm³/mol. The minimum atomic E-state index is -0.290. The topological polar surface area (TPSA) is 47.6 Å². The van der Waals surface area contributed by atoms with Crippen LogP contribution in [0.15, 0.2) is 18.2 Å². The lowest BCUT2D eigenvalue weighted by atomic mass is 10.1. The molecule has 0 spiro atoms. The van der Waals surface area contributed by atoms with Crippen LogP contribution in [-0.2, 0) is 16.1 Å². The van der Waals surface area contributed by atoms with E-state index in [0.29, 0.717) is 17.3 Å². The van der Waals surface area contributed by atoms with Crippen molar-refractivity contribution in [1.82, 2.24) is 5.32 Å². The third-order valence-electron chi connectivity index (χ3n) is 2.66. The number of methoxy groups -OCH3 is 1. The van der Waals surface area contributed by atoms with Crippen LogP contribution < -0.4 is 10.1 Å². The molecule has 1 N–H and O–H groups in total. The summed E-state index contributed by atoms with van der Waals surface area (Å²) < 4.78 is 10.2. The molecule has 0 aliphatic rings. The summed E-state index contributed by atoms with van der Waals surface area (Å²) in [4.78, 5) is 11.1. The molecule has 0 amide bonds. The van der Waals surface area contributed by atoms with E-state index in [1.54, 1.807) is 0 Å². The van der Waals surface area contributed by atoms with Crippen LogP contribution in [0.3, 0.4) is 0 Å². The van der Waals surface area contributed by atoms with E-state index in [1.807, 2.05) is 18.2 Å². The molecule has 1 aromatic rings. The van der Waals surface area contributed by atoms with Crippen molar-refractivity contribution in [3.63, 3.8) is 0 Å². The van der Waals surface area contributed by atoms with E-state index in [9.17, 15) is 4.79 Å². The summed E-state index contributed by atoms with van der Waals surface area (Å²) in [6.07, 6.45) is 0.217. The minimum Gasteiger partial charge on any atom is -0.493 e. The fourth-order valence-electron chi connectivity index (χ4n) is 1.55. The number of esters is 1. The molecule has 112 valence electrons. The molecule has 4 nitrogen and oxygen atoms in total. The Morgan fingerprint density at radius 1 is 1.35 bits per heavy atom. The molecule has 20 heavy (non-hydrogen) atoms. The van der Waals surface area contributed by atoms with Gasteiger partial charge in [0.2, 0.25) is 0 Å². The van der Waals surface area contributed by atoms with Gasteiger partial charge in [0, 0.05) is 22.7 Å². The number of nitrogens with one attached hydrogen (secondary N) is 1. The lowest BCUT2D eigenvalue weighted by Gasteiger charge is -2.22. The fourth-order valence-corrected chi connectivity index (χ4v) is 1.78. The van der Waals surface area contributed by atoms with Crippen LogP contribution in [0.1, 0.15) is 32.8 Å². The Labute approximate surface area is 125 Å². The number of carbonyl (C=O) groups excluding carboxylic acids is 1. The smallest absolute Gasteiger partial charge is 0.308 e. The molecule has 1 rings (SSSR count). The zero-order chi connectivity index (χ0) is 15.2. The van der Waals surface area contributed by atoms with Gasteiger partial charge in [-0.1, -0.05) is 17.7 Å². The van der Waals surface area contributed by atoms with Gasteiger partial charge in [-0.3, -0.25) is 4.79 Å². The Morgan fingerprint density at radius 2 is 2.05 bits per heavy atom. The molecule has 5 heteroatoms. The quantitative estimate of drug-likeness (QED) is 0.820. The van der Waals surface area contributed by atoms with Crippen LogP contribution in [0.25, 0.3) is 0 Å². The first-order valence-electron chi connectivity index (χ1n) is 6.55. The molecule has 0 aliphatic heterocycles. The third-order valence-corrected chi connectivity index (χ3v) is 3.02.